The van der Waals surface area contributed by atoms with Crippen molar-refractivity contribution in [2.45, 2.75) is 50.1 Å². The van der Waals surface area contributed by atoms with Gasteiger partial charge in [0.25, 0.3) is 0 Å². The van der Waals surface area contributed by atoms with Crippen LogP contribution < -0.4 is 21.7 Å². The van der Waals surface area contributed by atoms with Crippen molar-refractivity contribution < 1.29 is 18.8 Å². The maximum Gasteiger partial charge on any atom is 0.250 e. The molecular weight excluding hydrogens is 602 g/mol. The molecule has 2 heterocycles. The number of anilines is 2. The molecule has 2 fully saturated rings. The van der Waals surface area contributed by atoms with Crippen LogP contribution in [-0.2, 0) is 15.0 Å². The molecule has 0 aromatic heterocycles. The summed E-state index contributed by atoms with van der Waals surface area (Å²) in [5.41, 5.74) is 4.59. The van der Waals surface area contributed by atoms with Gasteiger partial charge in [0, 0.05) is 27.9 Å². The van der Waals surface area contributed by atoms with E-state index in [0.29, 0.717) is 28.4 Å². The average Bonchev–Trinajstić information content (AvgIpc) is 3.47. The number of nitrogens with one attached hydrogen (secondary N) is 3. The molecule has 1 saturated heterocycles. The molecular formula is C31H28Cl3FN4O3. The van der Waals surface area contributed by atoms with Crippen molar-refractivity contribution in [3.8, 4) is 0 Å². The van der Waals surface area contributed by atoms with Gasteiger partial charge in [-0.3, -0.25) is 19.7 Å². The maximum absolute atomic E-state index is 16.0. The lowest BCUT2D eigenvalue weighted by molar-refractivity contribution is -0.122. The van der Waals surface area contributed by atoms with Crippen LogP contribution in [-0.4, -0.2) is 29.3 Å². The van der Waals surface area contributed by atoms with Gasteiger partial charge < -0.3 is 16.4 Å². The van der Waals surface area contributed by atoms with Crippen LogP contribution >= 0.6 is 34.8 Å². The van der Waals surface area contributed by atoms with Gasteiger partial charge in [0.15, 0.2) is 0 Å². The van der Waals surface area contributed by atoms with Crippen LogP contribution in [0.25, 0.3) is 0 Å². The smallest absolute Gasteiger partial charge is 0.250 e. The van der Waals surface area contributed by atoms with Crippen molar-refractivity contribution in [2.75, 3.05) is 10.6 Å². The highest BCUT2D eigenvalue weighted by atomic mass is 35.5. The molecule has 0 radical (unpaired) electrons. The number of carbonyl (C=O) groups is 3. The first-order chi connectivity index (χ1) is 19.7. The molecule has 5 N–H and O–H groups in total. The normalized spacial score (nSPS) is 27.7. The van der Waals surface area contributed by atoms with Crippen molar-refractivity contribution >= 4 is 63.9 Å². The topological polar surface area (TPSA) is 113 Å². The van der Waals surface area contributed by atoms with Gasteiger partial charge in [-0.1, -0.05) is 73.8 Å². The Balaban J connectivity index is 1.56. The Morgan fingerprint density at radius 3 is 2.43 bits per heavy atom. The largest absolute Gasteiger partial charge is 0.366 e. The van der Waals surface area contributed by atoms with E-state index in [0.717, 1.165) is 0 Å². The molecule has 3 aliphatic rings. The van der Waals surface area contributed by atoms with Gasteiger partial charge in [0.05, 0.1) is 21.7 Å². The summed E-state index contributed by atoms with van der Waals surface area (Å²) in [6.07, 6.45) is 0.577. The third-order valence-electron chi connectivity index (χ3n) is 9.04. The summed E-state index contributed by atoms with van der Waals surface area (Å²) in [5, 5.41) is 9.79. The molecule has 3 aromatic rings. The van der Waals surface area contributed by atoms with Gasteiger partial charge in [-0.25, -0.2) is 4.39 Å². The zero-order chi connectivity index (χ0) is 30.4. The zero-order valence-electron chi connectivity index (χ0n) is 22.9. The average molecular weight is 630 g/mol. The van der Waals surface area contributed by atoms with Gasteiger partial charge in [-0.05, 0) is 65.3 Å². The fourth-order valence-corrected chi connectivity index (χ4v) is 8.00. The SMILES string of the molecule is CC(C)(C)C1CC12N[C@@H](C(=O)Nc1ccc(C(N)=O)c(Cl)c1)[C@H](c1cccc(Cl)c1F)[C@]21C(=O)Nc2cc(Cl)ccc21. The summed E-state index contributed by atoms with van der Waals surface area (Å²) in [6.45, 7) is 6.26. The highest BCUT2D eigenvalue weighted by Crippen LogP contribution is 2.72. The second-order valence-electron chi connectivity index (χ2n) is 12.3. The highest BCUT2D eigenvalue weighted by molar-refractivity contribution is 6.34. The summed E-state index contributed by atoms with van der Waals surface area (Å²) >= 11 is 18.8. The summed E-state index contributed by atoms with van der Waals surface area (Å²) in [6, 6.07) is 13.1. The van der Waals surface area contributed by atoms with Gasteiger partial charge in [-0.2, -0.15) is 0 Å². The van der Waals surface area contributed by atoms with Gasteiger partial charge >= 0.3 is 0 Å². The number of nitrogens with two attached hydrogens (primary N) is 1. The van der Waals surface area contributed by atoms with E-state index in [-0.39, 0.29) is 38.4 Å². The fraction of sp³-hybridized carbons (Fsp3) is 0.323. The number of rotatable bonds is 4. The summed E-state index contributed by atoms with van der Waals surface area (Å²) in [5.74, 6) is -3.28. The Hall–Kier alpha value is -3.17. The molecule has 5 atom stereocenters. The molecule has 2 unspecified atom stereocenters. The second kappa shape index (κ2) is 9.67. The minimum atomic E-state index is -1.37. The molecule has 3 aromatic carbocycles. The van der Waals surface area contributed by atoms with Crippen molar-refractivity contribution in [3.63, 3.8) is 0 Å². The van der Waals surface area contributed by atoms with Crippen molar-refractivity contribution in [2.24, 2.45) is 17.1 Å². The molecule has 1 aliphatic carbocycles. The molecule has 11 heteroatoms. The maximum atomic E-state index is 16.0. The molecule has 218 valence electrons. The Bertz CT molecular complexity index is 1690. The Labute approximate surface area is 257 Å². The van der Waals surface area contributed by atoms with Gasteiger partial charge in [0.2, 0.25) is 17.7 Å². The number of carbonyl (C=O) groups excluding carboxylic acids is 3. The number of primary amides is 1. The lowest BCUT2D eigenvalue weighted by Crippen LogP contribution is -2.52. The summed E-state index contributed by atoms with van der Waals surface area (Å²) < 4.78 is 16.0. The fourth-order valence-electron chi connectivity index (χ4n) is 7.37. The predicted molar refractivity (Wildman–Crippen MR) is 162 cm³/mol. The minimum absolute atomic E-state index is 0.0378. The predicted octanol–water partition coefficient (Wildman–Crippen LogP) is 6.27. The minimum Gasteiger partial charge on any atom is -0.366 e. The van der Waals surface area contributed by atoms with Crippen LogP contribution in [0.5, 0.6) is 0 Å². The number of amides is 3. The third-order valence-corrected chi connectivity index (χ3v) is 9.88. The summed E-state index contributed by atoms with van der Waals surface area (Å²) in [4.78, 5) is 40.3. The van der Waals surface area contributed by atoms with Crippen molar-refractivity contribution in [3.05, 3.63) is 92.2 Å². The molecule has 2 spiro atoms. The quantitative estimate of drug-likeness (QED) is 0.272. The van der Waals surface area contributed by atoms with E-state index in [2.05, 4.69) is 36.7 Å². The van der Waals surface area contributed by atoms with Crippen LogP contribution in [0.4, 0.5) is 15.8 Å². The van der Waals surface area contributed by atoms with Crippen LogP contribution in [0.2, 0.25) is 15.1 Å². The number of benzene rings is 3. The molecule has 42 heavy (non-hydrogen) atoms. The summed E-state index contributed by atoms with van der Waals surface area (Å²) in [7, 11) is 0. The van der Waals surface area contributed by atoms with E-state index in [1.807, 2.05) is 0 Å². The lowest BCUT2D eigenvalue weighted by atomic mass is 9.61. The zero-order valence-corrected chi connectivity index (χ0v) is 25.2. The Kier molecular flexibility index (Phi) is 6.66. The van der Waals surface area contributed by atoms with Crippen molar-refractivity contribution in [1.29, 1.82) is 0 Å². The number of hydrogen-bond acceptors (Lipinski definition) is 4. The molecule has 1 saturated carbocycles. The third kappa shape index (κ3) is 4.07. The number of fused-ring (bicyclic) bond motifs is 3. The van der Waals surface area contributed by atoms with Crippen LogP contribution in [0.3, 0.4) is 0 Å². The van der Waals surface area contributed by atoms with Crippen LogP contribution in [0.1, 0.15) is 54.6 Å². The molecule has 3 amide bonds. The first kappa shape index (κ1) is 28.9. The van der Waals surface area contributed by atoms with E-state index in [4.69, 9.17) is 40.5 Å². The monoisotopic (exact) mass is 628 g/mol. The molecule has 6 rings (SSSR count). The number of hydrogen-bond donors (Lipinski definition) is 4. The first-order valence-corrected chi connectivity index (χ1v) is 14.6. The Morgan fingerprint density at radius 2 is 1.79 bits per heavy atom. The number of halogens is 4. The van der Waals surface area contributed by atoms with E-state index in [1.165, 1.54) is 24.3 Å². The van der Waals surface area contributed by atoms with Gasteiger partial charge in [0.1, 0.15) is 11.2 Å². The lowest BCUT2D eigenvalue weighted by Gasteiger charge is -2.38. The van der Waals surface area contributed by atoms with E-state index >= 15 is 4.39 Å². The Morgan fingerprint density at radius 1 is 1.05 bits per heavy atom. The van der Waals surface area contributed by atoms with Crippen molar-refractivity contribution in [1.82, 2.24) is 5.32 Å². The van der Waals surface area contributed by atoms with E-state index < -0.39 is 40.5 Å². The molecule has 0 bridgehead atoms. The molecule has 7 nitrogen and oxygen atoms in total. The van der Waals surface area contributed by atoms with E-state index in [1.54, 1.807) is 30.3 Å². The van der Waals surface area contributed by atoms with Crippen LogP contribution in [0, 0.1) is 17.2 Å². The molecule has 2 aliphatic heterocycles. The highest BCUT2D eigenvalue weighted by Gasteiger charge is 2.81. The van der Waals surface area contributed by atoms with Crippen LogP contribution in [0.15, 0.2) is 54.6 Å². The van der Waals surface area contributed by atoms with Gasteiger partial charge in [-0.15, -0.1) is 0 Å². The van der Waals surface area contributed by atoms with E-state index in [9.17, 15) is 14.4 Å². The second-order valence-corrected chi connectivity index (χ2v) is 13.6. The first-order valence-electron chi connectivity index (χ1n) is 13.5. The standard InChI is InChI=1S/C31H28Cl3FN4O3/c1-29(2,3)22-13-30(22)31(18-10-7-14(32)11-21(18)38-28(31)42)23(17-5-4-6-19(33)24(17)35)25(39-30)27(41)37-15-8-9-16(26(36)40)20(34)12-15/h4-12,22-23,25,39H,13H2,1-3H3,(H2,36,40)(H,37,41)(H,38,42)/t22?,23-,25+,30?,31+/m0/s1.